The average molecular weight is 282 g/mol. The lowest BCUT2D eigenvalue weighted by Crippen LogP contribution is -2.36. The fourth-order valence-electron chi connectivity index (χ4n) is 2.25. The summed E-state index contributed by atoms with van der Waals surface area (Å²) in [5.41, 5.74) is 9.22. The van der Waals surface area contributed by atoms with Gasteiger partial charge in [0.05, 0.1) is 0 Å². The number of rotatable bonds is 4. The van der Waals surface area contributed by atoms with E-state index in [0.29, 0.717) is 17.8 Å². The Balaban J connectivity index is 2.06. The molecular weight excluding hydrogens is 260 g/mol. The second-order valence-electron chi connectivity index (χ2n) is 6.06. The Morgan fingerprint density at radius 2 is 1.86 bits per heavy atom. The second kappa shape index (κ2) is 6.00. The van der Waals surface area contributed by atoms with Crippen LogP contribution in [0.15, 0.2) is 48.5 Å². The van der Waals surface area contributed by atoms with Crippen molar-refractivity contribution in [1.29, 1.82) is 0 Å². The molecule has 0 aliphatic heterocycles. The van der Waals surface area contributed by atoms with Gasteiger partial charge in [0.25, 0.3) is 5.91 Å². The summed E-state index contributed by atoms with van der Waals surface area (Å²) in [6.07, 6.45) is 0. The summed E-state index contributed by atoms with van der Waals surface area (Å²) < 4.78 is 0. The number of benzene rings is 2. The molecule has 0 aromatic heterocycles. The number of hydrogen-bond acceptors (Lipinski definition) is 2. The molecule has 0 saturated carbocycles. The van der Waals surface area contributed by atoms with Crippen molar-refractivity contribution in [2.45, 2.75) is 26.2 Å². The summed E-state index contributed by atoms with van der Waals surface area (Å²) in [6.45, 7) is 6.90. The fourth-order valence-corrected chi connectivity index (χ4v) is 2.25. The molecule has 2 rings (SSSR count). The van der Waals surface area contributed by atoms with Gasteiger partial charge in [-0.15, -0.1) is 0 Å². The van der Waals surface area contributed by atoms with Crippen molar-refractivity contribution in [3.63, 3.8) is 0 Å². The molecule has 21 heavy (non-hydrogen) atoms. The molecule has 110 valence electrons. The minimum Gasteiger partial charge on any atom is -0.399 e. The summed E-state index contributed by atoms with van der Waals surface area (Å²) in [5.74, 6) is -0.0944. The maximum atomic E-state index is 12.2. The Morgan fingerprint density at radius 3 is 2.52 bits per heavy atom. The van der Waals surface area contributed by atoms with Gasteiger partial charge in [0, 0.05) is 23.2 Å². The van der Waals surface area contributed by atoms with Gasteiger partial charge in [0.15, 0.2) is 0 Å². The number of carbonyl (C=O) groups is 1. The van der Waals surface area contributed by atoms with Gasteiger partial charge >= 0.3 is 0 Å². The first-order valence-electron chi connectivity index (χ1n) is 7.09. The molecule has 0 heterocycles. The van der Waals surface area contributed by atoms with Crippen LogP contribution in [0.2, 0.25) is 0 Å². The van der Waals surface area contributed by atoms with E-state index in [1.807, 2.05) is 6.07 Å². The number of hydrogen-bond donors (Lipinski definition) is 2. The third kappa shape index (κ3) is 3.85. The Morgan fingerprint density at radius 1 is 1.14 bits per heavy atom. The summed E-state index contributed by atoms with van der Waals surface area (Å²) in [6, 6.07) is 15.4. The third-order valence-electron chi connectivity index (χ3n) is 3.64. The van der Waals surface area contributed by atoms with Crippen LogP contribution in [0.4, 0.5) is 5.69 Å². The van der Waals surface area contributed by atoms with E-state index in [2.05, 4.69) is 44.3 Å². The smallest absolute Gasteiger partial charge is 0.251 e. The highest BCUT2D eigenvalue weighted by Crippen LogP contribution is 2.23. The van der Waals surface area contributed by atoms with Gasteiger partial charge in [0.2, 0.25) is 0 Å². The van der Waals surface area contributed by atoms with Crippen LogP contribution in [0.1, 0.15) is 35.3 Å². The summed E-state index contributed by atoms with van der Waals surface area (Å²) in [5, 5.41) is 2.99. The molecule has 0 bridgehead atoms. The lowest BCUT2D eigenvalue weighted by molar-refractivity contribution is 0.0945. The molecule has 3 nitrogen and oxygen atoms in total. The summed E-state index contributed by atoms with van der Waals surface area (Å²) in [4.78, 5) is 12.2. The van der Waals surface area contributed by atoms with Crippen LogP contribution in [0.3, 0.4) is 0 Å². The first-order chi connectivity index (χ1) is 9.88. The molecule has 3 N–H and O–H groups in total. The summed E-state index contributed by atoms with van der Waals surface area (Å²) in [7, 11) is 0. The molecule has 3 heteroatoms. The maximum Gasteiger partial charge on any atom is 0.251 e. The van der Waals surface area contributed by atoms with Crippen molar-refractivity contribution in [2.24, 2.45) is 0 Å². The topological polar surface area (TPSA) is 55.1 Å². The van der Waals surface area contributed by atoms with E-state index >= 15 is 0 Å². The SMILES string of the molecule is Cc1cccc(C(C)(C)CNC(=O)c2cccc(N)c2)c1. The molecular formula is C18H22N2O. The number of carbonyl (C=O) groups excluding carboxylic acids is 1. The van der Waals surface area contributed by atoms with E-state index in [9.17, 15) is 4.79 Å². The zero-order valence-electron chi connectivity index (χ0n) is 12.8. The van der Waals surface area contributed by atoms with Crippen LogP contribution < -0.4 is 11.1 Å². The highest BCUT2D eigenvalue weighted by atomic mass is 16.1. The highest BCUT2D eigenvalue weighted by molar-refractivity contribution is 5.95. The average Bonchev–Trinajstić information content (AvgIpc) is 2.45. The standard InChI is InChI=1S/C18H22N2O/c1-13-6-4-8-15(10-13)18(2,3)12-20-17(21)14-7-5-9-16(19)11-14/h4-11H,12,19H2,1-3H3,(H,20,21). The Bertz CT molecular complexity index is 647. The van der Waals surface area contributed by atoms with Gasteiger partial charge in [-0.2, -0.15) is 0 Å². The molecule has 2 aromatic rings. The molecule has 0 saturated heterocycles. The first-order valence-corrected chi connectivity index (χ1v) is 7.09. The van der Waals surface area contributed by atoms with Crippen LogP contribution >= 0.6 is 0 Å². The van der Waals surface area contributed by atoms with E-state index in [1.165, 1.54) is 11.1 Å². The van der Waals surface area contributed by atoms with Crippen molar-refractivity contribution in [3.05, 3.63) is 65.2 Å². The molecule has 0 fully saturated rings. The Kier molecular flexibility index (Phi) is 4.32. The molecule has 0 spiro atoms. The predicted octanol–water partition coefficient (Wildman–Crippen LogP) is 3.28. The molecule has 0 radical (unpaired) electrons. The summed E-state index contributed by atoms with van der Waals surface area (Å²) >= 11 is 0. The van der Waals surface area contributed by atoms with E-state index in [1.54, 1.807) is 24.3 Å². The van der Waals surface area contributed by atoms with Crippen LogP contribution in [0.25, 0.3) is 0 Å². The zero-order valence-corrected chi connectivity index (χ0v) is 12.8. The van der Waals surface area contributed by atoms with Gasteiger partial charge in [0.1, 0.15) is 0 Å². The predicted molar refractivity (Wildman–Crippen MR) is 87.4 cm³/mol. The Hall–Kier alpha value is -2.29. The zero-order chi connectivity index (χ0) is 15.5. The Labute approximate surface area is 126 Å². The monoisotopic (exact) mass is 282 g/mol. The minimum absolute atomic E-state index is 0.0944. The van der Waals surface area contributed by atoms with Gasteiger partial charge < -0.3 is 11.1 Å². The molecule has 0 atom stereocenters. The van der Waals surface area contributed by atoms with Crippen molar-refractivity contribution in [3.8, 4) is 0 Å². The lowest BCUT2D eigenvalue weighted by Gasteiger charge is -2.26. The fraction of sp³-hybridized carbons (Fsp3) is 0.278. The molecule has 2 aromatic carbocycles. The first kappa shape index (κ1) is 15.1. The van der Waals surface area contributed by atoms with Crippen molar-refractivity contribution in [1.82, 2.24) is 5.32 Å². The van der Waals surface area contributed by atoms with Crippen molar-refractivity contribution < 1.29 is 4.79 Å². The number of amides is 1. The number of aryl methyl sites for hydroxylation is 1. The van der Waals surface area contributed by atoms with Gasteiger partial charge in [-0.3, -0.25) is 4.79 Å². The minimum atomic E-state index is -0.123. The van der Waals surface area contributed by atoms with Gasteiger partial charge in [-0.25, -0.2) is 0 Å². The van der Waals surface area contributed by atoms with Crippen LogP contribution in [0.5, 0.6) is 0 Å². The van der Waals surface area contributed by atoms with Crippen molar-refractivity contribution >= 4 is 11.6 Å². The molecule has 0 aliphatic carbocycles. The van der Waals surface area contributed by atoms with Crippen LogP contribution in [-0.2, 0) is 5.41 Å². The highest BCUT2D eigenvalue weighted by Gasteiger charge is 2.21. The van der Waals surface area contributed by atoms with Gasteiger partial charge in [-0.1, -0.05) is 49.7 Å². The van der Waals surface area contributed by atoms with E-state index < -0.39 is 0 Å². The van der Waals surface area contributed by atoms with E-state index in [0.717, 1.165) is 0 Å². The number of nitrogens with two attached hydrogens (primary N) is 1. The normalized spacial score (nSPS) is 11.2. The van der Waals surface area contributed by atoms with E-state index in [-0.39, 0.29) is 11.3 Å². The third-order valence-corrected chi connectivity index (χ3v) is 3.64. The van der Waals surface area contributed by atoms with Crippen LogP contribution in [0, 0.1) is 6.92 Å². The number of anilines is 1. The molecule has 0 unspecified atom stereocenters. The molecule has 1 amide bonds. The van der Waals surface area contributed by atoms with Gasteiger partial charge in [-0.05, 0) is 30.7 Å². The largest absolute Gasteiger partial charge is 0.399 e. The maximum absolute atomic E-state index is 12.2. The lowest BCUT2D eigenvalue weighted by atomic mass is 9.84. The second-order valence-corrected chi connectivity index (χ2v) is 6.06. The van der Waals surface area contributed by atoms with E-state index in [4.69, 9.17) is 5.73 Å². The van der Waals surface area contributed by atoms with Crippen molar-refractivity contribution in [2.75, 3.05) is 12.3 Å². The van der Waals surface area contributed by atoms with Crippen LogP contribution in [-0.4, -0.2) is 12.5 Å². The number of nitrogen functional groups attached to an aromatic ring is 1. The number of nitrogens with one attached hydrogen (secondary N) is 1. The quantitative estimate of drug-likeness (QED) is 0.845. The molecule has 0 aliphatic rings.